The summed E-state index contributed by atoms with van der Waals surface area (Å²) in [6, 6.07) is 0. The zero-order chi connectivity index (χ0) is 55.0. The monoisotopic (exact) mass is 1150 g/mol. The first kappa shape index (κ1) is 56.5. The molecule has 16 fully saturated rings. The van der Waals surface area contributed by atoms with Crippen LogP contribution < -0.4 is 0 Å². The van der Waals surface area contributed by atoms with Crippen molar-refractivity contribution < 1.29 is 80.5 Å². The molecular weight excluding hydrogens is 1050 g/mol. The Morgan fingerprint density at radius 2 is 0.451 bits per heavy atom. The zero-order valence-electron chi connectivity index (χ0n) is 50.0. The molecule has 0 aromatic heterocycles. The highest BCUT2D eigenvalue weighted by Gasteiger charge is 2.94. The number of rotatable bonds is 16. The van der Waals surface area contributed by atoms with E-state index in [1.165, 1.54) is 0 Å². The maximum Gasteiger partial charge on any atom is 0.200 e. The molecule has 0 aromatic rings. The van der Waals surface area contributed by atoms with Crippen LogP contribution in [0.15, 0.2) is 0 Å². The minimum absolute atomic E-state index is 0.113. The highest BCUT2D eigenvalue weighted by Crippen LogP contribution is 2.77. The van der Waals surface area contributed by atoms with E-state index in [-0.39, 0.29) is 6.10 Å². The summed E-state index contributed by atoms with van der Waals surface area (Å²) in [7, 11) is 1.82. The van der Waals surface area contributed by atoms with Gasteiger partial charge in [-0.25, -0.2) is 0 Å². The molecule has 0 N–H and O–H groups in total. The average molecular weight is 1150 g/mol. The Bertz CT molecular complexity index is 2240. The smallest absolute Gasteiger partial charge is 0.200 e. The van der Waals surface area contributed by atoms with Gasteiger partial charge < -0.3 is 80.5 Å². The molecule has 0 bridgehead atoms. The van der Waals surface area contributed by atoms with E-state index in [9.17, 15) is 0 Å². The second-order valence-corrected chi connectivity index (χ2v) is 28.4. The van der Waals surface area contributed by atoms with E-state index in [1.54, 1.807) is 0 Å². The predicted molar refractivity (Wildman–Crippen MR) is 295 cm³/mol. The van der Waals surface area contributed by atoms with Gasteiger partial charge in [-0.05, 0) is 199 Å². The van der Waals surface area contributed by atoms with Gasteiger partial charge in [0.15, 0.2) is 11.4 Å². The molecule has 16 saturated heterocycles. The molecule has 16 aliphatic heterocycles. The van der Waals surface area contributed by atoms with Crippen LogP contribution in [0.4, 0.5) is 0 Å². The zero-order valence-corrected chi connectivity index (χ0v) is 50.0. The van der Waals surface area contributed by atoms with Gasteiger partial charge in [-0.3, -0.25) is 0 Å². The van der Waals surface area contributed by atoms with Crippen molar-refractivity contribution in [3.8, 4) is 0 Å². The Kier molecular flexibility index (Phi) is 14.1. The van der Waals surface area contributed by atoms with Crippen LogP contribution in [-0.4, -0.2) is 203 Å². The molecule has 0 saturated carbocycles. The van der Waals surface area contributed by atoms with E-state index in [0.717, 1.165) is 154 Å². The van der Waals surface area contributed by atoms with Gasteiger partial charge in [0.05, 0.1) is 12.7 Å². The van der Waals surface area contributed by atoms with Gasteiger partial charge in [0, 0.05) is 113 Å². The van der Waals surface area contributed by atoms with Gasteiger partial charge in [-0.1, -0.05) is 0 Å². The Hall–Kier alpha value is -0.680. The van der Waals surface area contributed by atoms with Gasteiger partial charge >= 0.3 is 0 Å². The van der Waals surface area contributed by atoms with Gasteiger partial charge in [0.2, 0.25) is 0 Å². The van der Waals surface area contributed by atoms with Gasteiger partial charge in [-0.15, -0.1) is 0 Å². The molecule has 462 valence electrons. The van der Waals surface area contributed by atoms with Crippen LogP contribution in [-0.2, 0) is 80.5 Å². The van der Waals surface area contributed by atoms with Crippen LogP contribution in [0.25, 0.3) is 0 Å². The van der Waals surface area contributed by atoms with Crippen LogP contribution in [0.1, 0.15) is 205 Å². The van der Waals surface area contributed by atoms with E-state index in [2.05, 4.69) is 0 Å². The quantitative estimate of drug-likeness (QED) is 0.144. The van der Waals surface area contributed by atoms with E-state index in [1.807, 2.05) is 7.11 Å². The fourth-order valence-corrected chi connectivity index (χ4v) is 24.5. The molecule has 0 spiro atoms. The van der Waals surface area contributed by atoms with Crippen molar-refractivity contribution in [2.45, 2.75) is 296 Å². The highest BCUT2D eigenvalue weighted by atomic mass is 16.7. The van der Waals surface area contributed by atoms with Crippen molar-refractivity contribution in [1.82, 2.24) is 0 Å². The van der Waals surface area contributed by atoms with Crippen LogP contribution in [0.2, 0.25) is 0 Å². The van der Waals surface area contributed by atoms with Gasteiger partial charge in [0.1, 0.15) is 72.8 Å². The fraction of sp³-hybridized carbons (Fsp3) is 1.00. The largest absolute Gasteiger partial charge is 0.375 e. The summed E-state index contributed by atoms with van der Waals surface area (Å²) < 4.78 is 132. The second kappa shape index (κ2) is 20.4. The topological polar surface area (TPSA) is 157 Å². The molecule has 0 radical (unpaired) electrons. The number of hydrogen-bond donors (Lipinski definition) is 0. The summed E-state index contributed by atoms with van der Waals surface area (Å²) in [5, 5.41) is 0. The highest BCUT2D eigenvalue weighted by molar-refractivity contribution is 5.44. The number of methoxy groups -OCH3 is 1. The lowest BCUT2D eigenvalue weighted by molar-refractivity contribution is -0.425. The van der Waals surface area contributed by atoms with Crippen LogP contribution in [0.5, 0.6) is 0 Å². The second-order valence-electron chi connectivity index (χ2n) is 28.4. The Balaban J connectivity index is 0.925. The first-order valence-corrected chi connectivity index (χ1v) is 34.0. The molecule has 17 heteroatoms. The van der Waals surface area contributed by atoms with E-state index >= 15 is 0 Å². The van der Waals surface area contributed by atoms with E-state index in [4.69, 9.17) is 80.5 Å². The molecule has 16 heterocycles. The molecular formula is C65H100O17. The summed E-state index contributed by atoms with van der Waals surface area (Å²) in [5.41, 5.74) is -14.5. The minimum atomic E-state index is -1.13. The standard InChI is InChI=1S/C65H100O17/c1-66-65(33-17-49-82-65)64(32-16-48-81-64)63(31-15-47-80-63)62(30-14-46-79-62)61(29-13-45-78-61)60(28-12-44-77-60)59(27-11-43-76-59)58(26-10-42-75-58)57(25-9-41-74-57)56(24-8-40-73-56)55(23-7-39-72-55)54(22-6-38-71-54)53(21-5-37-70-53)52(20-4-36-69-52)51(19-3-35-68-51)50-18-2-34-67-50/h50H,2-49H2,1H3. The lowest BCUT2D eigenvalue weighted by Gasteiger charge is -2.72. The molecule has 16 rings (SSSR count). The molecule has 0 aliphatic carbocycles. The molecule has 0 amide bonds. The summed E-state index contributed by atoms with van der Waals surface area (Å²) in [6.45, 7) is 9.47. The maximum absolute atomic E-state index is 8.22. The molecule has 17 nitrogen and oxygen atoms in total. The first-order chi connectivity index (χ1) is 40.3. The Morgan fingerprint density at radius 1 is 0.220 bits per heavy atom. The van der Waals surface area contributed by atoms with Crippen molar-refractivity contribution in [1.29, 1.82) is 0 Å². The summed E-state index contributed by atoms with van der Waals surface area (Å²) in [5.74, 6) is -1.04. The van der Waals surface area contributed by atoms with Crippen molar-refractivity contribution in [3.63, 3.8) is 0 Å². The maximum atomic E-state index is 8.22. The number of hydrogen-bond acceptors (Lipinski definition) is 17. The molecule has 16 atom stereocenters. The lowest BCUT2D eigenvalue weighted by Crippen LogP contribution is -2.92. The van der Waals surface area contributed by atoms with Crippen molar-refractivity contribution in [2.75, 3.05) is 113 Å². The van der Waals surface area contributed by atoms with E-state index in [0.29, 0.717) is 157 Å². The summed E-state index contributed by atoms with van der Waals surface area (Å²) >= 11 is 0. The Morgan fingerprint density at radius 3 is 0.671 bits per heavy atom. The molecule has 16 unspecified atom stereocenters. The van der Waals surface area contributed by atoms with Crippen molar-refractivity contribution in [3.05, 3.63) is 0 Å². The van der Waals surface area contributed by atoms with E-state index < -0.39 is 84.2 Å². The Labute approximate surface area is 487 Å². The third-order valence-electron chi connectivity index (χ3n) is 26.2. The van der Waals surface area contributed by atoms with Crippen molar-refractivity contribution in [2.24, 2.45) is 0 Å². The number of ether oxygens (including phenoxy) is 17. The van der Waals surface area contributed by atoms with Crippen LogP contribution in [0, 0.1) is 0 Å². The van der Waals surface area contributed by atoms with Gasteiger partial charge in [0.25, 0.3) is 0 Å². The normalized spacial score (nSPS) is 55.4. The SMILES string of the molecule is COC1(C2(C3(C4(C5(C6(C7(C8(C9(C%10(C%11(C%12(C%13(C%14(C%15(C%16CCCO%16)CCCO%15)CCCO%14)CCCO%13)CCCO%12)CCCO%11)CCCO%10)CCCO9)CCCO8)CCCO7)CCCO6)CCCO5)CCCO4)CCCO3)CCCO2)CCCO1. The molecule has 0 aromatic carbocycles. The molecule has 16 aliphatic rings. The summed E-state index contributed by atoms with van der Waals surface area (Å²) in [4.78, 5) is 0. The minimum Gasteiger partial charge on any atom is -0.375 e. The lowest BCUT2D eigenvalue weighted by atomic mass is 9.44. The van der Waals surface area contributed by atoms with Crippen molar-refractivity contribution >= 4 is 0 Å². The fourth-order valence-electron chi connectivity index (χ4n) is 24.5. The first-order valence-electron chi connectivity index (χ1n) is 34.0. The van der Waals surface area contributed by atoms with Crippen LogP contribution >= 0.6 is 0 Å². The molecule has 82 heavy (non-hydrogen) atoms. The predicted octanol–water partition coefficient (Wildman–Crippen LogP) is 9.01. The van der Waals surface area contributed by atoms with Gasteiger partial charge in [-0.2, -0.15) is 0 Å². The average Bonchev–Trinajstić information content (AvgIpc) is 1.77. The third kappa shape index (κ3) is 6.37. The summed E-state index contributed by atoms with van der Waals surface area (Å²) in [6.07, 6.45) is 25.7. The third-order valence-corrected chi connectivity index (χ3v) is 26.2. The van der Waals surface area contributed by atoms with Crippen LogP contribution in [0.3, 0.4) is 0 Å².